The van der Waals surface area contributed by atoms with Gasteiger partial charge in [0.1, 0.15) is 14.1 Å². The van der Waals surface area contributed by atoms with E-state index in [4.69, 9.17) is 5.21 Å². The van der Waals surface area contributed by atoms with Gasteiger partial charge in [0, 0.05) is 5.75 Å². The normalized spacial score (nSPS) is 30.1. The zero-order valence-electron chi connectivity index (χ0n) is 7.44. The van der Waals surface area contributed by atoms with Crippen LogP contribution in [0.2, 0.25) is 0 Å². The third-order valence-corrected chi connectivity index (χ3v) is 4.90. The molecule has 0 aromatic carbocycles. The van der Waals surface area contributed by atoms with Crippen LogP contribution in [-0.4, -0.2) is 45.0 Å². The summed E-state index contributed by atoms with van der Waals surface area (Å²) in [6.07, 6.45) is 1.60. The highest BCUT2D eigenvalue weighted by Gasteiger charge is 2.37. The SMILES string of the molecule is C[N+](C)=C1SC[C@](C)(/C=N/O)S1. The van der Waals surface area contributed by atoms with Crippen molar-refractivity contribution in [1.29, 1.82) is 0 Å². The zero-order valence-corrected chi connectivity index (χ0v) is 9.08. The van der Waals surface area contributed by atoms with Gasteiger partial charge in [-0.2, -0.15) is 0 Å². The maximum atomic E-state index is 8.44. The van der Waals surface area contributed by atoms with Crippen molar-refractivity contribution < 1.29 is 9.78 Å². The maximum absolute atomic E-state index is 8.44. The molecule has 0 aromatic rings. The molecule has 1 aliphatic rings. The minimum Gasteiger partial charge on any atom is -0.411 e. The molecule has 5 heteroatoms. The molecule has 0 radical (unpaired) electrons. The van der Waals surface area contributed by atoms with Crippen molar-refractivity contribution >= 4 is 34.1 Å². The molecule has 1 rings (SSSR count). The summed E-state index contributed by atoms with van der Waals surface area (Å²) in [7, 11) is 4.05. The van der Waals surface area contributed by atoms with E-state index in [1.807, 2.05) is 14.1 Å². The Kier molecular flexibility index (Phi) is 3.06. The highest BCUT2D eigenvalue weighted by molar-refractivity contribution is 8.42. The van der Waals surface area contributed by atoms with E-state index in [2.05, 4.69) is 16.7 Å². The largest absolute Gasteiger partial charge is 0.411 e. The van der Waals surface area contributed by atoms with Crippen LogP contribution in [0.25, 0.3) is 0 Å². The topological polar surface area (TPSA) is 35.6 Å². The van der Waals surface area contributed by atoms with Gasteiger partial charge < -0.3 is 5.21 Å². The molecule has 0 amide bonds. The number of rotatable bonds is 1. The first-order chi connectivity index (χ1) is 5.57. The second kappa shape index (κ2) is 3.70. The van der Waals surface area contributed by atoms with Gasteiger partial charge in [-0.05, 0) is 30.4 Å². The third kappa shape index (κ3) is 2.17. The monoisotopic (exact) mass is 205 g/mol. The van der Waals surface area contributed by atoms with Crippen LogP contribution in [-0.2, 0) is 0 Å². The molecule has 68 valence electrons. The number of hydrogen-bond acceptors (Lipinski definition) is 4. The molecule has 1 fully saturated rings. The molecule has 12 heavy (non-hydrogen) atoms. The van der Waals surface area contributed by atoms with E-state index in [1.54, 1.807) is 29.7 Å². The number of nitrogens with zero attached hydrogens (tertiary/aromatic N) is 2. The van der Waals surface area contributed by atoms with E-state index in [-0.39, 0.29) is 4.75 Å². The highest BCUT2D eigenvalue weighted by atomic mass is 32.2. The molecule has 1 atom stereocenters. The van der Waals surface area contributed by atoms with E-state index in [1.165, 1.54) is 4.38 Å². The lowest BCUT2D eigenvalue weighted by Gasteiger charge is -2.10. The lowest BCUT2D eigenvalue weighted by molar-refractivity contribution is -0.458. The van der Waals surface area contributed by atoms with Gasteiger partial charge in [-0.1, -0.05) is 0 Å². The van der Waals surface area contributed by atoms with E-state index >= 15 is 0 Å². The summed E-state index contributed by atoms with van der Waals surface area (Å²) in [5, 5.41) is 11.5. The minimum atomic E-state index is -0.0426. The summed E-state index contributed by atoms with van der Waals surface area (Å²) in [5.41, 5.74) is 0. The second-order valence-corrected chi connectivity index (χ2v) is 5.85. The maximum Gasteiger partial charge on any atom is 0.270 e. The Hall–Kier alpha value is -0.160. The van der Waals surface area contributed by atoms with Crippen molar-refractivity contribution in [2.24, 2.45) is 5.16 Å². The van der Waals surface area contributed by atoms with E-state index in [9.17, 15) is 0 Å². The summed E-state index contributed by atoms with van der Waals surface area (Å²) in [4.78, 5) is 0. The Morgan fingerprint density at radius 2 is 2.33 bits per heavy atom. The summed E-state index contributed by atoms with van der Waals surface area (Å²) in [6, 6.07) is 0. The van der Waals surface area contributed by atoms with Crippen LogP contribution >= 0.6 is 23.5 Å². The number of thioether (sulfide) groups is 2. The molecule has 0 aliphatic carbocycles. The van der Waals surface area contributed by atoms with Crippen LogP contribution in [0.1, 0.15) is 6.92 Å². The Labute approximate surface area is 80.9 Å². The summed E-state index contributed by atoms with van der Waals surface area (Å²) in [6.45, 7) is 2.07. The summed E-state index contributed by atoms with van der Waals surface area (Å²) < 4.78 is 3.32. The molecule has 0 bridgehead atoms. The van der Waals surface area contributed by atoms with Crippen molar-refractivity contribution in [3.8, 4) is 0 Å². The lowest BCUT2D eigenvalue weighted by atomic mass is 10.2. The first kappa shape index (κ1) is 9.92. The predicted molar refractivity (Wildman–Crippen MR) is 55.8 cm³/mol. The van der Waals surface area contributed by atoms with Crippen molar-refractivity contribution in [3.05, 3.63) is 0 Å². The van der Waals surface area contributed by atoms with E-state index in [0.29, 0.717) is 0 Å². The molecule has 0 aromatic heterocycles. The van der Waals surface area contributed by atoms with Gasteiger partial charge in [-0.15, -0.1) is 5.16 Å². The van der Waals surface area contributed by atoms with Crippen molar-refractivity contribution in [3.63, 3.8) is 0 Å². The standard InChI is InChI=1S/C7H12N2OS2/c1-7(4-8-10)5-11-6(12-7)9(2)3/h4H,5H2,1-3H3/p+1/b8-4+/t7-/m0/s1. The molecular weight excluding hydrogens is 192 g/mol. The van der Waals surface area contributed by atoms with Crippen LogP contribution in [0.4, 0.5) is 0 Å². The van der Waals surface area contributed by atoms with Gasteiger partial charge >= 0.3 is 0 Å². The van der Waals surface area contributed by atoms with Crippen molar-refractivity contribution in [2.45, 2.75) is 11.7 Å². The quantitative estimate of drug-likeness (QED) is 0.303. The molecule has 3 nitrogen and oxygen atoms in total. The van der Waals surface area contributed by atoms with Gasteiger partial charge in [0.15, 0.2) is 0 Å². The van der Waals surface area contributed by atoms with Crippen molar-refractivity contribution in [2.75, 3.05) is 19.8 Å². The molecule has 0 spiro atoms. The molecule has 0 unspecified atom stereocenters. The average molecular weight is 205 g/mol. The van der Waals surface area contributed by atoms with Gasteiger partial charge in [0.25, 0.3) is 4.38 Å². The summed E-state index contributed by atoms with van der Waals surface area (Å²) >= 11 is 3.54. The number of hydrogen-bond donors (Lipinski definition) is 1. The Morgan fingerprint density at radius 3 is 2.75 bits per heavy atom. The van der Waals surface area contributed by atoms with Gasteiger partial charge in [0.2, 0.25) is 0 Å². The first-order valence-corrected chi connectivity index (χ1v) is 5.42. The molecule has 1 heterocycles. The zero-order chi connectivity index (χ0) is 9.19. The van der Waals surface area contributed by atoms with Crippen LogP contribution in [0.5, 0.6) is 0 Å². The van der Waals surface area contributed by atoms with E-state index < -0.39 is 0 Å². The van der Waals surface area contributed by atoms with E-state index in [0.717, 1.165) is 5.75 Å². The van der Waals surface area contributed by atoms with Crippen LogP contribution in [0.3, 0.4) is 0 Å². The molecule has 0 saturated carbocycles. The molecule has 1 N–H and O–H groups in total. The highest BCUT2D eigenvalue weighted by Crippen LogP contribution is 2.40. The summed E-state index contributed by atoms with van der Waals surface area (Å²) in [5.74, 6) is 0.968. The van der Waals surface area contributed by atoms with Gasteiger partial charge in [-0.3, -0.25) is 0 Å². The fourth-order valence-corrected chi connectivity index (χ4v) is 3.69. The van der Waals surface area contributed by atoms with Crippen LogP contribution < -0.4 is 0 Å². The number of oxime groups is 1. The fourth-order valence-electron chi connectivity index (χ4n) is 0.870. The van der Waals surface area contributed by atoms with Crippen LogP contribution in [0.15, 0.2) is 5.16 Å². The molecule has 1 aliphatic heterocycles. The van der Waals surface area contributed by atoms with Gasteiger partial charge in [0.05, 0.1) is 11.0 Å². The molecular formula is C7H13N2OS2+. The fraction of sp³-hybridized carbons (Fsp3) is 0.714. The third-order valence-electron chi connectivity index (χ3n) is 1.50. The Balaban J connectivity index is 2.73. The minimum absolute atomic E-state index is 0.0426. The second-order valence-electron chi connectivity index (χ2n) is 3.11. The van der Waals surface area contributed by atoms with Gasteiger partial charge in [-0.25, -0.2) is 4.58 Å². The first-order valence-electron chi connectivity index (χ1n) is 3.62. The Bertz CT molecular complexity index is 236. The molecule has 1 saturated heterocycles. The van der Waals surface area contributed by atoms with Crippen LogP contribution in [0, 0.1) is 0 Å². The predicted octanol–water partition coefficient (Wildman–Crippen LogP) is 1.31. The lowest BCUT2D eigenvalue weighted by Crippen LogP contribution is -2.21. The average Bonchev–Trinajstić information content (AvgIpc) is 2.33. The smallest absolute Gasteiger partial charge is 0.270 e. The van der Waals surface area contributed by atoms with Crippen molar-refractivity contribution in [1.82, 2.24) is 0 Å². The Morgan fingerprint density at radius 1 is 1.67 bits per heavy atom.